The second-order valence-electron chi connectivity index (χ2n) is 5.99. The molecule has 1 aliphatic rings. The summed E-state index contributed by atoms with van der Waals surface area (Å²) < 4.78 is 0. The van der Waals surface area contributed by atoms with Crippen molar-refractivity contribution in [2.75, 3.05) is 24.5 Å². The van der Waals surface area contributed by atoms with Gasteiger partial charge in [-0.15, -0.1) is 11.3 Å². The minimum absolute atomic E-state index is 0.0465. The summed E-state index contributed by atoms with van der Waals surface area (Å²) in [6, 6.07) is 13.5. The fraction of sp³-hybridized carbons (Fsp3) is 0.368. The summed E-state index contributed by atoms with van der Waals surface area (Å²) in [7, 11) is 0. The Kier molecular flexibility index (Phi) is 5.30. The van der Waals surface area contributed by atoms with Crippen LogP contribution in [0.15, 0.2) is 47.8 Å². The number of piperidine rings is 1. The average Bonchev–Trinajstić information content (AvgIpc) is 3.17. The number of thiophene rings is 1. The molecule has 0 radical (unpaired) electrons. The highest BCUT2D eigenvalue weighted by molar-refractivity contribution is 7.12. The van der Waals surface area contributed by atoms with Crippen LogP contribution in [-0.4, -0.2) is 36.3 Å². The molecule has 0 N–H and O–H groups in total. The molecule has 0 saturated carbocycles. The number of carbonyl (C=O) groups is 2. The van der Waals surface area contributed by atoms with Crippen molar-refractivity contribution in [3.8, 4) is 0 Å². The number of hydrogen-bond donors (Lipinski definition) is 0. The van der Waals surface area contributed by atoms with Crippen LogP contribution in [0.3, 0.4) is 0 Å². The van der Waals surface area contributed by atoms with E-state index in [9.17, 15) is 9.59 Å². The van der Waals surface area contributed by atoms with Crippen LogP contribution in [0.5, 0.6) is 0 Å². The number of anilines is 1. The molecular formula is C19H22N2O2S. The van der Waals surface area contributed by atoms with Gasteiger partial charge in [-0.3, -0.25) is 9.59 Å². The van der Waals surface area contributed by atoms with E-state index in [1.165, 1.54) is 11.3 Å². The molecule has 0 spiro atoms. The van der Waals surface area contributed by atoms with Gasteiger partial charge < -0.3 is 9.80 Å². The molecule has 3 rings (SSSR count). The highest BCUT2D eigenvalue weighted by Gasteiger charge is 2.31. The zero-order valence-electron chi connectivity index (χ0n) is 13.9. The van der Waals surface area contributed by atoms with Gasteiger partial charge in [-0.2, -0.15) is 0 Å². The van der Waals surface area contributed by atoms with E-state index in [0.29, 0.717) is 13.1 Å². The SMILES string of the molecule is CCN(C(=O)C1CCCN(C(=O)c2cccs2)C1)c1ccccc1. The van der Waals surface area contributed by atoms with Gasteiger partial charge in [-0.25, -0.2) is 0 Å². The predicted molar refractivity (Wildman–Crippen MR) is 97.4 cm³/mol. The van der Waals surface area contributed by atoms with Crippen molar-refractivity contribution in [3.05, 3.63) is 52.7 Å². The van der Waals surface area contributed by atoms with Crippen LogP contribution in [-0.2, 0) is 4.79 Å². The number of amides is 2. The van der Waals surface area contributed by atoms with Crippen LogP contribution < -0.4 is 4.90 Å². The summed E-state index contributed by atoms with van der Waals surface area (Å²) >= 11 is 1.46. The van der Waals surface area contributed by atoms with Gasteiger partial charge in [0.05, 0.1) is 10.8 Å². The number of para-hydroxylation sites is 1. The van der Waals surface area contributed by atoms with Gasteiger partial charge in [0, 0.05) is 25.3 Å². The Bertz CT molecular complexity index is 685. The van der Waals surface area contributed by atoms with Crippen molar-refractivity contribution in [1.29, 1.82) is 0 Å². The third-order valence-corrected chi connectivity index (χ3v) is 5.30. The molecule has 0 bridgehead atoms. The van der Waals surface area contributed by atoms with Crippen molar-refractivity contribution in [1.82, 2.24) is 4.90 Å². The predicted octanol–water partition coefficient (Wildman–Crippen LogP) is 3.65. The van der Waals surface area contributed by atoms with E-state index in [1.54, 1.807) is 0 Å². The fourth-order valence-electron chi connectivity index (χ4n) is 3.21. The summed E-state index contributed by atoms with van der Waals surface area (Å²) in [5, 5.41) is 1.91. The van der Waals surface area contributed by atoms with Crippen LogP contribution in [0.4, 0.5) is 5.69 Å². The smallest absolute Gasteiger partial charge is 0.263 e. The Balaban J connectivity index is 1.72. The Labute approximate surface area is 146 Å². The van der Waals surface area contributed by atoms with E-state index in [-0.39, 0.29) is 17.7 Å². The largest absolute Gasteiger partial charge is 0.337 e. The molecule has 0 aliphatic carbocycles. The molecule has 1 unspecified atom stereocenters. The molecule has 5 heteroatoms. The summed E-state index contributed by atoms with van der Waals surface area (Å²) in [6.45, 7) is 3.87. The molecule has 2 heterocycles. The van der Waals surface area contributed by atoms with E-state index in [4.69, 9.17) is 0 Å². The zero-order chi connectivity index (χ0) is 16.9. The minimum atomic E-state index is -0.122. The molecule has 1 saturated heterocycles. The van der Waals surface area contributed by atoms with Gasteiger partial charge in [0.2, 0.25) is 5.91 Å². The third kappa shape index (κ3) is 3.51. The average molecular weight is 342 g/mol. The van der Waals surface area contributed by atoms with Crippen molar-refractivity contribution in [3.63, 3.8) is 0 Å². The molecule has 4 nitrogen and oxygen atoms in total. The first-order valence-corrected chi connectivity index (χ1v) is 9.28. The van der Waals surface area contributed by atoms with Crippen LogP contribution in [0.1, 0.15) is 29.4 Å². The normalized spacial score (nSPS) is 17.5. The maximum Gasteiger partial charge on any atom is 0.263 e. The quantitative estimate of drug-likeness (QED) is 0.851. The molecule has 24 heavy (non-hydrogen) atoms. The lowest BCUT2D eigenvalue weighted by Gasteiger charge is -2.34. The van der Waals surface area contributed by atoms with Gasteiger partial charge >= 0.3 is 0 Å². The lowest BCUT2D eigenvalue weighted by atomic mass is 9.96. The number of likely N-dealkylation sites (tertiary alicyclic amines) is 1. The molecular weight excluding hydrogens is 320 g/mol. The Morgan fingerprint density at radius 1 is 1.21 bits per heavy atom. The van der Waals surface area contributed by atoms with Gasteiger partial charge in [-0.1, -0.05) is 24.3 Å². The van der Waals surface area contributed by atoms with Crippen LogP contribution >= 0.6 is 11.3 Å². The van der Waals surface area contributed by atoms with Crippen molar-refractivity contribution < 1.29 is 9.59 Å². The summed E-state index contributed by atoms with van der Waals surface area (Å²) in [6.07, 6.45) is 1.72. The molecule has 1 aliphatic heterocycles. The van der Waals surface area contributed by atoms with Crippen molar-refractivity contribution >= 4 is 28.8 Å². The number of rotatable bonds is 4. The molecule has 1 atom stereocenters. The molecule has 1 aromatic carbocycles. The lowest BCUT2D eigenvalue weighted by Crippen LogP contribution is -2.46. The van der Waals surface area contributed by atoms with Crippen LogP contribution in [0.25, 0.3) is 0 Å². The van der Waals surface area contributed by atoms with E-state index >= 15 is 0 Å². The molecule has 2 aromatic rings. The molecule has 1 fully saturated rings. The monoisotopic (exact) mass is 342 g/mol. The standard InChI is InChI=1S/C19H22N2O2S/c1-2-21(16-9-4-3-5-10-16)18(22)15-8-6-12-20(14-15)19(23)17-11-7-13-24-17/h3-5,7,9-11,13,15H,2,6,8,12,14H2,1H3. The first-order chi connectivity index (χ1) is 11.7. The van der Waals surface area contributed by atoms with E-state index in [1.807, 2.05) is 64.6 Å². The van der Waals surface area contributed by atoms with Gasteiger partial charge in [0.15, 0.2) is 0 Å². The molecule has 1 aromatic heterocycles. The fourth-order valence-corrected chi connectivity index (χ4v) is 3.90. The second kappa shape index (κ2) is 7.62. The Morgan fingerprint density at radius 3 is 2.67 bits per heavy atom. The van der Waals surface area contributed by atoms with Crippen LogP contribution in [0, 0.1) is 5.92 Å². The molecule has 126 valence electrons. The highest BCUT2D eigenvalue weighted by Crippen LogP contribution is 2.24. The van der Waals surface area contributed by atoms with Gasteiger partial charge in [0.1, 0.15) is 0 Å². The topological polar surface area (TPSA) is 40.6 Å². The lowest BCUT2D eigenvalue weighted by molar-refractivity contribution is -0.123. The van der Waals surface area contributed by atoms with Crippen LogP contribution in [0.2, 0.25) is 0 Å². The maximum absolute atomic E-state index is 13.0. The Hall–Kier alpha value is -2.14. The number of carbonyl (C=O) groups excluding carboxylic acids is 2. The first-order valence-electron chi connectivity index (χ1n) is 8.40. The second-order valence-corrected chi connectivity index (χ2v) is 6.93. The van der Waals surface area contributed by atoms with E-state index in [2.05, 4.69) is 0 Å². The molecule has 2 amide bonds. The number of nitrogens with zero attached hydrogens (tertiary/aromatic N) is 2. The maximum atomic E-state index is 13.0. The number of benzene rings is 1. The van der Waals surface area contributed by atoms with E-state index < -0.39 is 0 Å². The minimum Gasteiger partial charge on any atom is -0.337 e. The van der Waals surface area contributed by atoms with Gasteiger partial charge in [-0.05, 0) is 43.3 Å². The Morgan fingerprint density at radius 2 is 2.00 bits per heavy atom. The number of hydrogen-bond acceptors (Lipinski definition) is 3. The van der Waals surface area contributed by atoms with Gasteiger partial charge in [0.25, 0.3) is 5.91 Å². The summed E-state index contributed by atoms with van der Waals surface area (Å²) in [5.41, 5.74) is 0.923. The summed E-state index contributed by atoms with van der Waals surface area (Å²) in [5.74, 6) is 0.0421. The summed E-state index contributed by atoms with van der Waals surface area (Å²) in [4.78, 5) is 29.9. The van der Waals surface area contributed by atoms with Crippen molar-refractivity contribution in [2.24, 2.45) is 5.92 Å². The highest BCUT2D eigenvalue weighted by atomic mass is 32.1. The third-order valence-electron chi connectivity index (χ3n) is 4.44. The zero-order valence-corrected chi connectivity index (χ0v) is 14.7. The van der Waals surface area contributed by atoms with Crippen molar-refractivity contribution in [2.45, 2.75) is 19.8 Å². The van der Waals surface area contributed by atoms with E-state index in [0.717, 1.165) is 30.0 Å². The first kappa shape index (κ1) is 16.7.